The standard InChI is InChI=1S/C22H32ClNO4/c1-6-15-12-16(23)13-19(27-5)20(15)18(14-28-7-2)21(25)24-22(3)10-8-17(26-4)9-11-22/h12-14,17H,6-11H2,1-5H3,(H,24,25)/b18-14+. The first-order valence-electron chi connectivity index (χ1n) is 9.91. The SMILES string of the molecule is CCO/C=C(/C(=O)NC1(C)CCC(OC)CC1)c1c(CC)cc(Cl)cc1OC. The molecule has 2 rings (SSSR count). The van der Waals surface area contributed by atoms with E-state index in [-0.39, 0.29) is 17.6 Å². The first-order chi connectivity index (χ1) is 13.4. The van der Waals surface area contributed by atoms with Crippen molar-refractivity contribution in [3.05, 3.63) is 34.5 Å². The molecule has 1 aliphatic carbocycles. The Morgan fingerprint density at radius 3 is 2.50 bits per heavy atom. The Morgan fingerprint density at radius 2 is 1.96 bits per heavy atom. The number of methoxy groups -OCH3 is 2. The average Bonchev–Trinajstić information content (AvgIpc) is 2.68. The molecule has 6 heteroatoms. The Balaban J connectivity index is 2.36. The minimum Gasteiger partial charge on any atom is -0.501 e. The molecular formula is C22H32ClNO4. The second-order valence-electron chi connectivity index (χ2n) is 7.43. The van der Waals surface area contributed by atoms with Gasteiger partial charge in [-0.15, -0.1) is 0 Å². The summed E-state index contributed by atoms with van der Waals surface area (Å²) >= 11 is 6.23. The molecule has 0 aliphatic heterocycles. The molecule has 156 valence electrons. The average molecular weight is 410 g/mol. The van der Waals surface area contributed by atoms with Crippen LogP contribution in [-0.2, 0) is 20.7 Å². The molecule has 0 aromatic heterocycles. The lowest BCUT2D eigenvalue weighted by Crippen LogP contribution is -2.49. The van der Waals surface area contributed by atoms with E-state index in [4.69, 9.17) is 25.8 Å². The van der Waals surface area contributed by atoms with Gasteiger partial charge in [0.05, 0.1) is 31.7 Å². The van der Waals surface area contributed by atoms with Gasteiger partial charge in [0.25, 0.3) is 5.91 Å². The molecule has 1 amide bonds. The number of rotatable bonds is 8. The fourth-order valence-corrected chi connectivity index (χ4v) is 3.94. The minimum atomic E-state index is -0.274. The lowest BCUT2D eigenvalue weighted by Gasteiger charge is -2.37. The summed E-state index contributed by atoms with van der Waals surface area (Å²) in [5.41, 5.74) is 1.86. The number of nitrogens with one attached hydrogen (secondary N) is 1. The van der Waals surface area contributed by atoms with Crippen molar-refractivity contribution in [2.24, 2.45) is 0 Å². The Kier molecular flexibility index (Phi) is 8.20. The first kappa shape index (κ1) is 22.6. The van der Waals surface area contributed by atoms with Crippen LogP contribution in [0.4, 0.5) is 0 Å². The number of carbonyl (C=O) groups is 1. The molecular weight excluding hydrogens is 378 g/mol. The molecule has 5 nitrogen and oxygen atoms in total. The fourth-order valence-electron chi connectivity index (χ4n) is 3.70. The first-order valence-corrected chi connectivity index (χ1v) is 10.3. The van der Waals surface area contributed by atoms with Crippen molar-refractivity contribution in [1.82, 2.24) is 5.32 Å². The highest BCUT2D eigenvalue weighted by Crippen LogP contribution is 2.35. The van der Waals surface area contributed by atoms with Gasteiger partial charge >= 0.3 is 0 Å². The van der Waals surface area contributed by atoms with Crippen LogP contribution in [0.2, 0.25) is 5.02 Å². The molecule has 1 aromatic carbocycles. The molecule has 0 atom stereocenters. The molecule has 1 saturated carbocycles. The van der Waals surface area contributed by atoms with E-state index >= 15 is 0 Å². The zero-order chi connectivity index (χ0) is 20.7. The highest BCUT2D eigenvalue weighted by atomic mass is 35.5. The fraction of sp³-hybridized carbons (Fsp3) is 0.591. The van der Waals surface area contributed by atoms with Crippen LogP contribution < -0.4 is 10.1 Å². The van der Waals surface area contributed by atoms with Crippen molar-refractivity contribution in [3.8, 4) is 5.75 Å². The predicted octanol–water partition coefficient (Wildman–Crippen LogP) is 4.75. The van der Waals surface area contributed by atoms with Crippen LogP contribution in [0, 0.1) is 0 Å². The molecule has 0 saturated heterocycles. The Bertz CT molecular complexity index is 683. The van der Waals surface area contributed by atoms with Crippen LogP contribution in [0.3, 0.4) is 0 Å². The number of amides is 1. The molecule has 1 N–H and O–H groups in total. The zero-order valence-electron chi connectivity index (χ0n) is 17.6. The summed E-state index contributed by atoms with van der Waals surface area (Å²) in [6.45, 7) is 6.48. The van der Waals surface area contributed by atoms with Gasteiger partial charge in [-0.05, 0) is 63.6 Å². The van der Waals surface area contributed by atoms with Gasteiger partial charge in [0.15, 0.2) is 0 Å². The van der Waals surface area contributed by atoms with Crippen LogP contribution in [-0.4, -0.2) is 38.4 Å². The largest absolute Gasteiger partial charge is 0.501 e. The van der Waals surface area contributed by atoms with E-state index in [9.17, 15) is 4.79 Å². The Hall–Kier alpha value is -1.72. The number of halogens is 1. The van der Waals surface area contributed by atoms with Crippen LogP contribution in [0.15, 0.2) is 18.4 Å². The third kappa shape index (κ3) is 5.42. The van der Waals surface area contributed by atoms with Crippen LogP contribution >= 0.6 is 11.6 Å². The van der Waals surface area contributed by atoms with Gasteiger partial charge in [0, 0.05) is 23.2 Å². The maximum Gasteiger partial charge on any atom is 0.255 e. The summed E-state index contributed by atoms with van der Waals surface area (Å²) in [6.07, 6.45) is 6.13. The molecule has 28 heavy (non-hydrogen) atoms. The summed E-state index contributed by atoms with van der Waals surface area (Å²) < 4.78 is 16.5. The number of aryl methyl sites for hydroxylation is 1. The summed E-state index contributed by atoms with van der Waals surface area (Å²) in [4.78, 5) is 13.3. The van der Waals surface area contributed by atoms with Gasteiger partial charge in [0.2, 0.25) is 0 Å². The van der Waals surface area contributed by atoms with Crippen molar-refractivity contribution < 1.29 is 19.0 Å². The normalized spacial score (nSPS) is 22.6. The molecule has 0 heterocycles. The van der Waals surface area contributed by atoms with E-state index in [1.165, 1.54) is 6.26 Å². The summed E-state index contributed by atoms with van der Waals surface area (Å²) in [5, 5.41) is 3.82. The molecule has 1 aliphatic rings. The maximum absolute atomic E-state index is 13.3. The third-order valence-corrected chi connectivity index (χ3v) is 5.63. The molecule has 1 fully saturated rings. The van der Waals surface area contributed by atoms with Gasteiger partial charge in [-0.3, -0.25) is 4.79 Å². The second-order valence-corrected chi connectivity index (χ2v) is 7.87. The van der Waals surface area contributed by atoms with E-state index in [1.54, 1.807) is 20.3 Å². The molecule has 1 aromatic rings. The highest BCUT2D eigenvalue weighted by Gasteiger charge is 2.34. The zero-order valence-corrected chi connectivity index (χ0v) is 18.3. The van der Waals surface area contributed by atoms with Crippen molar-refractivity contribution in [3.63, 3.8) is 0 Å². The van der Waals surface area contributed by atoms with Crippen molar-refractivity contribution in [1.29, 1.82) is 0 Å². The molecule has 0 radical (unpaired) electrons. The quantitative estimate of drug-likeness (QED) is 0.497. The smallest absolute Gasteiger partial charge is 0.255 e. The summed E-state index contributed by atoms with van der Waals surface area (Å²) in [7, 11) is 3.33. The monoisotopic (exact) mass is 409 g/mol. The molecule has 0 bridgehead atoms. The van der Waals surface area contributed by atoms with E-state index in [0.29, 0.717) is 23.0 Å². The van der Waals surface area contributed by atoms with Crippen molar-refractivity contribution in [2.75, 3.05) is 20.8 Å². The second kappa shape index (κ2) is 10.2. The highest BCUT2D eigenvalue weighted by molar-refractivity contribution is 6.31. The van der Waals surface area contributed by atoms with Gasteiger partial charge in [-0.25, -0.2) is 0 Å². The maximum atomic E-state index is 13.3. The number of ether oxygens (including phenoxy) is 3. The van der Waals surface area contributed by atoms with Crippen molar-refractivity contribution in [2.45, 2.75) is 64.5 Å². The number of benzene rings is 1. The van der Waals surface area contributed by atoms with Crippen LogP contribution in [0.25, 0.3) is 5.57 Å². The summed E-state index contributed by atoms with van der Waals surface area (Å²) in [5.74, 6) is 0.404. The van der Waals surface area contributed by atoms with E-state index in [1.807, 2.05) is 19.9 Å². The summed E-state index contributed by atoms with van der Waals surface area (Å²) in [6, 6.07) is 3.60. The van der Waals surface area contributed by atoms with Gasteiger partial charge in [-0.2, -0.15) is 0 Å². The predicted molar refractivity (Wildman–Crippen MR) is 113 cm³/mol. The Morgan fingerprint density at radius 1 is 1.29 bits per heavy atom. The van der Waals surface area contributed by atoms with Crippen LogP contribution in [0.5, 0.6) is 5.75 Å². The third-order valence-electron chi connectivity index (χ3n) is 5.42. The minimum absolute atomic E-state index is 0.165. The van der Waals surface area contributed by atoms with E-state index in [0.717, 1.165) is 43.2 Å². The molecule has 0 unspecified atom stereocenters. The number of carbonyl (C=O) groups excluding carboxylic acids is 1. The lowest BCUT2D eigenvalue weighted by molar-refractivity contribution is -0.118. The van der Waals surface area contributed by atoms with E-state index < -0.39 is 0 Å². The topological polar surface area (TPSA) is 56.8 Å². The number of hydrogen-bond acceptors (Lipinski definition) is 4. The van der Waals surface area contributed by atoms with Gasteiger partial charge in [0.1, 0.15) is 5.75 Å². The number of hydrogen-bond donors (Lipinski definition) is 1. The lowest BCUT2D eigenvalue weighted by atomic mass is 9.81. The van der Waals surface area contributed by atoms with Gasteiger partial charge < -0.3 is 19.5 Å². The molecule has 0 spiro atoms. The van der Waals surface area contributed by atoms with Gasteiger partial charge in [-0.1, -0.05) is 18.5 Å². The van der Waals surface area contributed by atoms with Crippen LogP contribution in [0.1, 0.15) is 57.6 Å². The Labute approximate surface area is 173 Å². The van der Waals surface area contributed by atoms with Crippen molar-refractivity contribution >= 4 is 23.1 Å². The van der Waals surface area contributed by atoms with E-state index in [2.05, 4.69) is 12.2 Å².